The predicted octanol–water partition coefficient (Wildman–Crippen LogP) is 4.18. The molecule has 1 aromatic heterocycles. The van der Waals surface area contributed by atoms with E-state index in [0.717, 1.165) is 11.7 Å². The second kappa shape index (κ2) is 7.27. The smallest absolute Gasteiger partial charge is 0.241 e. The summed E-state index contributed by atoms with van der Waals surface area (Å²) in [7, 11) is -1.97. The molecule has 8 nitrogen and oxygen atoms in total. The Morgan fingerprint density at radius 3 is 2.53 bits per heavy atom. The lowest BCUT2D eigenvalue weighted by Crippen LogP contribution is -2.45. The molecule has 10 heteroatoms. The van der Waals surface area contributed by atoms with Crippen LogP contribution in [0.1, 0.15) is 39.7 Å². The molecule has 5 rings (SSSR count). The van der Waals surface area contributed by atoms with Crippen molar-refractivity contribution in [2.75, 3.05) is 11.5 Å². The van der Waals surface area contributed by atoms with Gasteiger partial charge in [-0.25, -0.2) is 4.90 Å². The molecule has 2 bridgehead atoms. The zero-order valence-electron chi connectivity index (χ0n) is 20.2. The average Bonchev–Trinajstić information content (AvgIpc) is 3.48. The first-order valence-corrected chi connectivity index (χ1v) is 15.1. The van der Waals surface area contributed by atoms with Crippen LogP contribution >= 0.6 is 11.7 Å². The average molecular weight is 497 g/mol. The summed E-state index contributed by atoms with van der Waals surface area (Å²) < 4.78 is 21.3. The molecule has 2 fully saturated rings. The molecular weight excluding hydrogens is 468 g/mol. The number of ether oxygens (including phenoxy) is 1. The Balaban J connectivity index is 1.48. The first kappa shape index (κ1) is 23.3. The molecule has 4 heterocycles. The molecule has 3 aliphatic rings. The van der Waals surface area contributed by atoms with Gasteiger partial charge in [0.2, 0.25) is 11.8 Å². The molecule has 0 spiro atoms. The molecule has 0 aliphatic carbocycles. The highest BCUT2D eigenvalue weighted by Crippen LogP contribution is 2.59. The third kappa shape index (κ3) is 3.07. The number of imide groups is 1. The zero-order chi connectivity index (χ0) is 24.7. The maximum Gasteiger partial charge on any atom is 0.241 e. The highest BCUT2D eigenvalue weighted by atomic mass is 32.1. The van der Waals surface area contributed by atoms with Gasteiger partial charge in [0, 0.05) is 13.0 Å². The fraction of sp³-hybridized carbons (Fsp3) is 0.542. The quantitative estimate of drug-likeness (QED) is 0.347. The standard InChI is InChI=1S/C24H28N4O4SSi/c1-22(2,3)34(5,6)31-12-11-24-10-9-23(4,32-24)16-17(24)21(30)28(20(16)29)15-8-7-14(13-25)18-19(15)27-33-26-18/h7-10,16-17H,11-12H2,1-6H3. The van der Waals surface area contributed by atoms with Gasteiger partial charge in [-0.1, -0.05) is 32.9 Å². The van der Waals surface area contributed by atoms with Crippen molar-refractivity contribution in [3.63, 3.8) is 0 Å². The number of aromatic nitrogens is 2. The van der Waals surface area contributed by atoms with E-state index in [1.807, 2.05) is 19.1 Å². The number of amides is 2. The second-order valence-corrected chi connectivity index (χ2v) is 16.4. The number of carbonyl (C=O) groups excluding carboxylic acids is 2. The van der Waals surface area contributed by atoms with Crippen molar-refractivity contribution in [1.82, 2.24) is 8.75 Å². The molecule has 4 atom stereocenters. The lowest BCUT2D eigenvalue weighted by Gasteiger charge is -2.37. The molecule has 34 heavy (non-hydrogen) atoms. The van der Waals surface area contributed by atoms with E-state index < -0.39 is 31.4 Å². The van der Waals surface area contributed by atoms with E-state index in [1.54, 1.807) is 12.1 Å². The normalized spacial score (nSPS) is 30.4. The molecule has 0 saturated carbocycles. The lowest BCUT2D eigenvalue weighted by molar-refractivity contribution is -0.129. The van der Waals surface area contributed by atoms with Crippen LogP contribution in [0.2, 0.25) is 18.1 Å². The summed E-state index contributed by atoms with van der Waals surface area (Å²) >= 11 is 0.956. The van der Waals surface area contributed by atoms with Crippen LogP contribution in [0.3, 0.4) is 0 Å². The molecular formula is C24H28N4O4SSi. The molecule has 1 aromatic carbocycles. The monoisotopic (exact) mass is 496 g/mol. The van der Waals surface area contributed by atoms with E-state index in [2.05, 4.69) is 48.7 Å². The number of carbonyl (C=O) groups is 2. The number of nitriles is 1. The molecule has 2 saturated heterocycles. The van der Waals surface area contributed by atoms with Crippen LogP contribution in [0, 0.1) is 23.2 Å². The van der Waals surface area contributed by atoms with Crippen molar-refractivity contribution in [3.8, 4) is 6.07 Å². The Morgan fingerprint density at radius 1 is 1.18 bits per heavy atom. The van der Waals surface area contributed by atoms with Gasteiger partial charge in [-0.2, -0.15) is 14.0 Å². The Kier molecular flexibility index (Phi) is 4.98. The Hall–Kier alpha value is -2.45. The van der Waals surface area contributed by atoms with Crippen molar-refractivity contribution in [3.05, 3.63) is 29.8 Å². The van der Waals surface area contributed by atoms with Crippen LogP contribution < -0.4 is 4.90 Å². The molecule has 3 aliphatic heterocycles. The summed E-state index contributed by atoms with van der Waals surface area (Å²) in [5.74, 6) is -1.84. The van der Waals surface area contributed by atoms with Gasteiger partial charge in [0.15, 0.2) is 8.32 Å². The summed E-state index contributed by atoms with van der Waals surface area (Å²) in [5.41, 5.74) is -0.188. The molecule has 178 valence electrons. The highest BCUT2D eigenvalue weighted by Gasteiger charge is 2.72. The number of hydrogen-bond acceptors (Lipinski definition) is 8. The van der Waals surface area contributed by atoms with E-state index in [9.17, 15) is 14.9 Å². The molecule has 0 radical (unpaired) electrons. The number of rotatable bonds is 5. The van der Waals surface area contributed by atoms with Crippen molar-refractivity contribution >= 4 is 48.6 Å². The van der Waals surface area contributed by atoms with Gasteiger partial charge < -0.3 is 9.16 Å². The fourth-order valence-corrected chi connectivity index (χ4v) is 6.81. The van der Waals surface area contributed by atoms with E-state index in [0.29, 0.717) is 35.3 Å². The van der Waals surface area contributed by atoms with Gasteiger partial charge in [-0.3, -0.25) is 9.59 Å². The number of benzene rings is 1. The number of anilines is 1. The van der Waals surface area contributed by atoms with Gasteiger partial charge in [0.1, 0.15) is 22.7 Å². The van der Waals surface area contributed by atoms with Crippen molar-refractivity contribution < 1.29 is 18.8 Å². The second-order valence-electron chi connectivity index (χ2n) is 11.1. The summed E-state index contributed by atoms with van der Waals surface area (Å²) in [6.07, 6.45) is 4.38. The first-order valence-electron chi connectivity index (χ1n) is 11.4. The van der Waals surface area contributed by atoms with Gasteiger partial charge >= 0.3 is 0 Å². The van der Waals surface area contributed by atoms with Crippen LogP contribution in [0.4, 0.5) is 5.69 Å². The van der Waals surface area contributed by atoms with Crippen molar-refractivity contribution in [2.24, 2.45) is 11.8 Å². The number of hydrogen-bond donors (Lipinski definition) is 0. The third-order valence-electron chi connectivity index (χ3n) is 8.07. The molecule has 2 amide bonds. The molecule has 4 unspecified atom stereocenters. The summed E-state index contributed by atoms with van der Waals surface area (Å²) in [6.45, 7) is 13.3. The van der Waals surface area contributed by atoms with Crippen LogP contribution in [-0.2, 0) is 18.8 Å². The van der Waals surface area contributed by atoms with Crippen LogP contribution in [0.5, 0.6) is 0 Å². The SMILES string of the molecule is CC12C=CC(CCO[Si](C)(C)C(C)(C)C)(O1)C1C(=O)N(c3ccc(C#N)c4nsnc34)C(=O)C12. The van der Waals surface area contributed by atoms with E-state index in [1.165, 1.54) is 4.90 Å². The number of nitrogens with zero attached hydrogens (tertiary/aromatic N) is 4. The highest BCUT2D eigenvalue weighted by molar-refractivity contribution is 7.00. The lowest BCUT2D eigenvalue weighted by atomic mass is 9.71. The van der Waals surface area contributed by atoms with E-state index >= 15 is 0 Å². The zero-order valence-corrected chi connectivity index (χ0v) is 22.0. The van der Waals surface area contributed by atoms with Crippen LogP contribution in [0.25, 0.3) is 11.0 Å². The Labute approximate surface area is 204 Å². The summed E-state index contributed by atoms with van der Waals surface area (Å²) in [6, 6.07) is 5.29. The maximum absolute atomic E-state index is 13.8. The topological polar surface area (TPSA) is 105 Å². The van der Waals surface area contributed by atoms with Gasteiger partial charge in [-0.05, 0) is 37.2 Å². The van der Waals surface area contributed by atoms with Crippen LogP contribution in [0.15, 0.2) is 24.3 Å². The Morgan fingerprint density at radius 2 is 1.85 bits per heavy atom. The molecule has 0 N–H and O–H groups in total. The van der Waals surface area contributed by atoms with E-state index in [4.69, 9.17) is 9.16 Å². The Bertz CT molecular complexity index is 1290. The van der Waals surface area contributed by atoms with Gasteiger partial charge in [0.25, 0.3) is 0 Å². The van der Waals surface area contributed by atoms with Crippen LogP contribution in [-0.4, -0.2) is 46.7 Å². The fourth-order valence-electron chi connectivity index (χ4n) is 5.19. The van der Waals surface area contributed by atoms with Gasteiger partial charge in [-0.15, -0.1) is 0 Å². The third-order valence-corrected chi connectivity index (χ3v) is 13.1. The minimum Gasteiger partial charge on any atom is -0.417 e. The summed E-state index contributed by atoms with van der Waals surface area (Å²) in [5, 5.41) is 9.46. The van der Waals surface area contributed by atoms with Gasteiger partial charge in [0.05, 0.1) is 40.4 Å². The predicted molar refractivity (Wildman–Crippen MR) is 131 cm³/mol. The first-order chi connectivity index (χ1) is 15.9. The minimum atomic E-state index is -1.97. The minimum absolute atomic E-state index is 0.0717. The number of fused-ring (bicyclic) bond motifs is 6. The van der Waals surface area contributed by atoms with Crippen molar-refractivity contribution in [2.45, 2.75) is 63.5 Å². The maximum atomic E-state index is 13.8. The van der Waals surface area contributed by atoms with Crippen molar-refractivity contribution in [1.29, 1.82) is 5.26 Å². The largest absolute Gasteiger partial charge is 0.417 e. The molecule has 2 aromatic rings. The van der Waals surface area contributed by atoms with E-state index in [-0.39, 0.29) is 16.9 Å². The summed E-state index contributed by atoms with van der Waals surface area (Å²) in [4.78, 5) is 28.7.